The molecule has 25 heavy (non-hydrogen) atoms. The lowest BCUT2D eigenvalue weighted by Gasteiger charge is -2.33. The first-order valence-electron chi connectivity index (χ1n) is 9.87. The van der Waals surface area contributed by atoms with Gasteiger partial charge in [-0.15, -0.1) is 0 Å². The van der Waals surface area contributed by atoms with Crippen molar-refractivity contribution in [1.82, 2.24) is 9.80 Å². The predicted octanol–water partition coefficient (Wildman–Crippen LogP) is 2.97. The van der Waals surface area contributed by atoms with Gasteiger partial charge in [-0.05, 0) is 55.6 Å². The van der Waals surface area contributed by atoms with Crippen LogP contribution in [-0.4, -0.2) is 47.8 Å². The van der Waals surface area contributed by atoms with E-state index in [2.05, 4.69) is 24.3 Å². The summed E-state index contributed by atoms with van der Waals surface area (Å²) in [6.45, 7) is 3.35. The highest BCUT2D eigenvalue weighted by Gasteiger charge is 2.32. The summed E-state index contributed by atoms with van der Waals surface area (Å²) in [4.78, 5) is 29.3. The van der Waals surface area contributed by atoms with Gasteiger partial charge in [-0.2, -0.15) is 0 Å². The second-order valence-corrected chi connectivity index (χ2v) is 7.83. The molecule has 0 radical (unpaired) electrons. The van der Waals surface area contributed by atoms with Gasteiger partial charge in [0.2, 0.25) is 11.8 Å². The van der Waals surface area contributed by atoms with Gasteiger partial charge in [0.15, 0.2) is 0 Å². The van der Waals surface area contributed by atoms with Gasteiger partial charge < -0.3 is 9.80 Å². The van der Waals surface area contributed by atoms with Gasteiger partial charge in [0, 0.05) is 38.5 Å². The van der Waals surface area contributed by atoms with Gasteiger partial charge in [0.1, 0.15) is 0 Å². The number of carbonyl (C=O) groups excluding carboxylic acids is 2. The van der Waals surface area contributed by atoms with Crippen molar-refractivity contribution >= 4 is 11.8 Å². The maximum atomic E-state index is 12.7. The Morgan fingerprint density at radius 1 is 0.920 bits per heavy atom. The normalized spacial score (nSPS) is 23.8. The van der Waals surface area contributed by atoms with Gasteiger partial charge >= 0.3 is 0 Å². The van der Waals surface area contributed by atoms with Crippen molar-refractivity contribution in [3.8, 4) is 0 Å². The number of likely N-dealkylation sites (tertiary alicyclic amines) is 2. The maximum Gasteiger partial charge on any atom is 0.225 e. The van der Waals surface area contributed by atoms with E-state index in [0.717, 1.165) is 64.7 Å². The molecule has 2 amide bonds. The second-order valence-electron chi connectivity index (χ2n) is 7.83. The molecule has 0 spiro atoms. The highest BCUT2D eigenvalue weighted by Crippen LogP contribution is 2.36. The Morgan fingerprint density at radius 2 is 1.64 bits per heavy atom. The fraction of sp³-hybridized carbons (Fsp3) is 0.619. The van der Waals surface area contributed by atoms with Crippen molar-refractivity contribution < 1.29 is 9.59 Å². The molecule has 2 heterocycles. The third-order valence-corrected chi connectivity index (χ3v) is 6.29. The summed E-state index contributed by atoms with van der Waals surface area (Å²) in [5.74, 6) is 1.12. The Kier molecular flexibility index (Phi) is 4.78. The summed E-state index contributed by atoms with van der Waals surface area (Å²) < 4.78 is 0. The van der Waals surface area contributed by atoms with Crippen molar-refractivity contribution in [3.63, 3.8) is 0 Å². The molecule has 4 rings (SSSR count). The van der Waals surface area contributed by atoms with Crippen LogP contribution in [0.5, 0.6) is 0 Å². The number of hydrogen-bond donors (Lipinski definition) is 0. The molecule has 1 aromatic carbocycles. The number of benzene rings is 1. The molecule has 2 aliphatic heterocycles. The molecular weight excluding hydrogens is 312 g/mol. The summed E-state index contributed by atoms with van der Waals surface area (Å²) in [5, 5.41) is 0. The number of aryl methyl sites for hydroxylation is 1. The third-order valence-electron chi connectivity index (χ3n) is 6.29. The number of rotatable bonds is 3. The minimum absolute atomic E-state index is 0.134. The van der Waals surface area contributed by atoms with Crippen LogP contribution in [0.2, 0.25) is 0 Å². The molecule has 4 nitrogen and oxygen atoms in total. The van der Waals surface area contributed by atoms with Crippen molar-refractivity contribution in [2.45, 2.75) is 50.9 Å². The molecule has 2 fully saturated rings. The molecule has 0 saturated carbocycles. The van der Waals surface area contributed by atoms with E-state index in [0.29, 0.717) is 18.2 Å². The first-order chi connectivity index (χ1) is 12.2. The van der Waals surface area contributed by atoms with Gasteiger partial charge in [0.05, 0.1) is 0 Å². The van der Waals surface area contributed by atoms with Crippen LogP contribution >= 0.6 is 0 Å². The van der Waals surface area contributed by atoms with Crippen molar-refractivity contribution in [2.24, 2.45) is 5.92 Å². The second kappa shape index (κ2) is 7.19. The lowest BCUT2D eigenvalue weighted by Crippen LogP contribution is -2.44. The quantitative estimate of drug-likeness (QED) is 0.849. The van der Waals surface area contributed by atoms with Crippen LogP contribution in [0.1, 0.15) is 55.6 Å². The van der Waals surface area contributed by atoms with E-state index < -0.39 is 0 Å². The van der Waals surface area contributed by atoms with Crippen LogP contribution in [0.25, 0.3) is 0 Å². The average Bonchev–Trinajstić information content (AvgIpc) is 3.32. The summed E-state index contributed by atoms with van der Waals surface area (Å²) in [5.41, 5.74) is 2.78. The zero-order valence-corrected chi connectivity index (χ0v) is 15.0. The Labute approximate surface area is 150 Å². The van der Waals surface area contributed by atoms with Crippen LogP contribution in [0, 0.1) is 5.92 Å². The van der Waals surface area contributed by atoms with Gasteiger partial charge in [-0.1, -0.05) is 24.3 Å². The molecule has 3 aliphatic rings. The lowest BCUT2D eigenvalue weighted by molar-refractivity contribution is -0.140. The number of hydrogen-bond acceptors (Lipinski definition) is 2. The number of piperidine rings is 1. The van der Waals surface area contributed by atoms with E-state index in [1.165, 1.54) is 11.1 Å². The van der Waals surface area contributed by atoms with Crippen LogP contribution in [0.4, 0.5) is 0 Å². The van der Waals surface area contributed by atoms with Gasteiger partial charge in [-0.3, -0.25) is 9.59 Å². The Bertz CT molecular complexity index is 643. The molecule has 1 atom stereocenters. The number of fused-ring (bicyclic) bond motifs is 1. The highest BCUT2D eigenvalue weighted by molar-refractivity contribution is 5.80. The Balaban J connectivity index is 1.29. The van der Waals surface area contributed by atoms with Crippen molar-refractivity contribution in [2.75, 3.05) is 26.2 Å². The summed E-state index contributed by atoms with van der Waals surface area (Å²) in [7, 11) is 0. The number of nitrogens with zero attached hydrogens (tertiary/aromatic N) is 2. The molecule has 134 valence electrons. The van der Waals surface area contributed by atoms with E-state index in [4.69, 9.17) is 0 Å². The van der Waals surface area contributed by atoms with Crippen molar-refractivity contribution in [1.29, 1.82) is 0 Å². The molecule has 4 heteroatoms. The van der Waals surface area contributed by atoms with Crippen LogP contribution in [-0.2, 0) is 16.0 Å². The minimum Gasteiger partial charge on any atom is -0.343 e. The number of amides is 2. The molecule has 0 bridgehead atoms. The first-order valence-corrected chi connectivity index (χ1v) is 9.87. The fourth-order valence-corrected chi connectivity index (χ4v) is 4.77. The molecule has 1 aromatic rings. The fourth-order valence-electron chi connectivity index (χ4n) is 4.77. The Hall–Kier alpha value is -1.84. The minimum atomic E-state index is 0.134. The lowest BCUT2D eigenvalue weighted by atomic mass is 9.93. The molecule has 0 aromatic heterocycles. The van der Waals surface area contributed by atoms with Crippen LogP contribution < -0.4 is 0 Å². The number of carbonyl (C=O) groups is 2. The topological polar surface area (TPSA) is 40.6 Å². The van der Waals surface area contributed by atoms with E-state index in [1.807, 2.05) is 9.80 Å². The SMILES string of the molecule is O=C(C[C@@H]1CCc2ccccc21)N1CCC(C(=O)N2CCCC2)CC1. The zero-order valence-electron chi connectivity index (χ0n) is 15.0. The van der Waals surface area contributed by atoms with Crippen LogP contribution in [0.3, 0.4) is 0 Å². The zero-order chi connectivity index (χ0) is 17.2. The van der Waals surface area contributed by atoms with E-state index >= 15 is 0 Å². The van der Waals surface area contributed by atoms with E-state index in [1.54, 1.807) is 0 Å². The monoisotopic (exact) mass is 340 g/mol. The molecular formula is C21H28N2O2. The molecule has 0 unspecified atom stereocenters. The Morgan fingerprint density at radius 3 is 2.40 bits per heavy atom. The highest BCUT2D eigenvalue weighted by atomic mass is 16.2. The first kappa shape index (κ1) is 16.6. The third kappa shape index (κ3) is 3.44. The van der Waals surface area contributed by atoms with Gasteiger partial charge in [0.25, 0.3) is 0 Å². The molecule has 1 aliphatic carbocycles. The van der Waals surface area contributed by atoms with Crippen LogP contribution in [0.15, 0.2) is 24.3 Å². The summed E-state index contributed by atoms with van der Waals surface area (Å²) in [6, 6.07) is 8.54. The molecule has 2 saturated heterocycles. The average molecular weight is 340 g/mol. The standard InChI is InChI=1S/C21H28N2O2/c24-20(15-18-8-7-16-5-1-2-6-19(16)18)22-13-9-17(10-14-22)21(25)23-11-3-4-12-23/h1-2,5-6,17-18H,3-4,7-15H2/t18-/m0/s1. The molecule has 0 N–H and O–H groups in total. The van der Waals surface area contributed by atoms with E-state index in [-0.39, 0.29) is 11.8 Å². The summed E-state index contributed by atoms with van der Waals surface area (Å²) in [6.07, 6.45) is 6.78. The predicted molar refractivity (Wildman–Crippen MR) is 97.2 cm³/mol. The van der Waals surface area contributed by atoms with E-state index in [9.17, 15) is 9.59 Å². The summed E-state index contributed by atoms with van der Waals surface area (Å²) >= 11 is 0. The smallest absolute Gasteiger partial charge is 0.225 e. The maximum absolute atomic E-state index is 12.7. The largest absolute Gasteiger partial charge is 0.343 e. The van der Waals surface area contributed by atoms with Crippen molar-refractivity contribution in [3.05, 3.63) is 35.4 Å². The van der Waals surface area contributed by atoms with Gasteiger partial charge in [-0.25, -0.2) is 0 Å².